The molecule has 0 bridgehead atoms. The molecule has 3 N–H and O–H groups in total. The number of hydrogen-bond acceptors (Lipinski definition) is 6. The fourth-order valence-corrected chi connectivity index (χ4v) is 1.68. The summed E-state index contributed by atoms with van der Waals surface area (Å²) < 4.78 is 5.47. The van der Waals surface area contributed by atoms with Crippen molar-refractivity contribution in [1.29, 1.82) is 0 Å². The average molecular weight is 274 g/mol. The zero-order valence-corrected chi connectivity index (χ0v) is 10.9. The molecule has 0 amide bonds. The summed E-state index contributed by atoms with van der Waals surface area (Å²) in [6, 6.07) is 10.2. The van der Waals surface area contributed by atoms with Gasteiger partial charge in [-0.1, -0.05) is 12.1 Å². The quantitative estimate of drug-likeness (QED) is 0.641. The van der Waals surface area contributed by atoms with Gasteiger partial charge in [-0.2, -0.15) is 0 Å². The first-order valence-corrected chi connectivity index (χ1v) is 6.01. The van der Waals surface area contributed by atoms with Crippen LogP contribution in [0.25, 0.3) is 0 Å². The third-order valence-corrected chi connectivity index (χ3v) is 2.55. The molecule has 1 aromatic heterocycles. The van der Waals surface area contributed by atoms with E-state index >= 15 is 0 Å². The second kappa shape index (κ2) is 5.87. The van der Waals surface area contributed by atoms with Crippen molar-refractivity contribution in [2.75, 3.05) is 17.7 Å². The minimum absolute atomic E-state index is 0.131. The normalized spacial score (nSPS) is 10.1. The highest BCUT2D eigenvalue weighted by Gasteiger charge is 2.13. The Hall–Kier alpha value is -2.83. The standard InChI is InChI=1S/C13H14N4O3/c1-2-20-11-6-4-3-5-9(11)15-12-8-7-10(17(18)19)13(14)16-12/h3-8H,2H2,1H3,(H3,14,15,16). The van der Waals surface area contributed by atoms with Crippen LogP contribution in [0.1, 0.15) is 6.92 Å². The highest BCUT2D eigenvalue weighted by atomic mass is 16.6. The van der Waals surface area contributed by atoms with Crippen LogP contribution in [-0.4, -0.2) is 16.5 Å². The number of ether oxygens (including phenoxy) is 1. The van der Waals surface area contributed by atoms with E-state index < -0.39 is 4.92 Å². The number of anilines is 3. The van der Waals surface area contributed by atoms with Gasteiger partial charge in [-0.3, -0.25) is 10.1 Å². The molecule has 0 aliphatic carbocycles. The predicted molar refractivity (Wildman–Crippen MR) is 76.2 cm³/mol. The lowest BCUT2D eigenvalue weighted by Crippen LogP contribution is -2.02. The number of hydrogen-bond donors (Lipinski definition) is 2. The van der Waals surface area contributed by atoms with E-state index in [4.69, 9.17) is 10.5 Å². The van der Waals surface area contributed by atoms with Crippen molar-refractivity contribution in [3.8, 4) is 5.75 Å². The minimum atomic E-state index is -0.569. The van der Waals surface area contributed by atoms with E-state index in [0.29, 0.717) is 18.2 Å². The molecule has 0 fully saturated rings. The third kappa shape index (κ3) is 2.94. The Labute approximate surface area is 115 Å². The highest BCUT2D eigenvalue weighted by molar-refractivity contribution is 5.66. The molecule has 0 aliphatic heterocycles. The van der Waals surface area contributed by atoms with E-state index in [1.807, 2.05) is 31.2 Å². The van der Waals surface area contributed by atoms with Crippen molar-refractivity contribution in [3.63, 3.8) is 0 Å². The number of nitro groups is 1. The summed E-state index contributed by atoms with van der Waals surface area (Å²) in [6.07, 6.45) is 0. The van der Waals surface area contributed by atoms with Crippen LogP contribution in [0, 0.1) is 10.1 Å². The Morgan fingerprint density at radius 3 is 2.75 bits per heavy atom. The summed E-state index contributed by atoms with van der Waals surface area (Å²) in [6.45, 7) is 2.42. The van der Waals surface area contributed by atoms with E-state index in [1.54, 1.807) is 0 Å². The van der Waals surface area contributed by atoms with Crippen LogP contribution in [0.3, 0.4) is 0 Å². The maximum Gasteiger partial charge on any atom is 0.311 e. The van der Waals surface area contributed by atoms with Crippen LogP contribution >= 0.6 is 0 Å². The number of aromatic nitrogens is 1. The lowest BCUT2D eigenvalue weighted by atomic mass is 10.3. The first kappa shape index (κ1) is 13.6. The van der Waals surface area contributed by atoms with Crippen LogP contribution in [0.2, 0.25) is 0 Å². The van der Waals surface area contributed by atoms with Crippen molar-refractivity contribution in [1.82, 2.24) is 4.98 Å². The smallest absolute Gasteiger partial charge is 0.311 e. The molecule has 2 aromatic rings. The summed E-state index contributed by atoms with van der Waals surface area (Å²) in [4.78, 5) is 14.1. The Balaban J connectivity index is 2.26. The molecule has 7 nitrogen and oxygen atoms in total. The van der Waals surface area contributed by atoms with Gasteiger partial charge in [0.2, 0.25) is 5.82 Å². The second-order valence-electron chi connectivity index (χ2n) is 3.91. The molecule has 0 atom stereocenters. The van der Waals surface area contributed by atoms with E-state index in [0.717, 1.165) is 5.69 Å². The van der Waals surface area contributed by atoms with Crippen LogP contribution in [-0.2, 0) is 0 Å². The molecule has 2 rings (SSSR count). The lowest BCUT2D eigenvalue weighted by Gasteiger charge is -2.11. The fourth-order valence-electron chi connectivity index (χ4n) is 1.68. The fraction of sp³-hybridized carbons (Fsp3) is 0.154. The molecule has 0 spiro atoms. The summed E-state index contributed by atoms with van der Waals surface area (Å²) in [5.74, 6) is 0.961. The maximum absolute atomic E-state index is 10.7. The van der Waals surface area contributed by atoms with Crippen LogP contribution in [0.5, 0.6) is 5.75 Å². The van der Waals surface area contributed by atoms with Gasteiger partial charge in [-0.15, -0.1) is 0 Å². The highest BCUT2D eigenvalue weighted by Crippen LogP contribution is 2.28. The Morgan fingerprint density at radius 2 is 2.10 bits per heavy atom. The summed E-state index contributed by atoms with van der Waals surface area (Å²) in [7, 11) is 0. The molecule has 7 heteroatoms. The van der Waals surface area contributed by atoms with Gasteiger partial charge in [-0.25, -0.2) is 4.98 Å². The van der Waals surface area contributed by atoms with E-state index in [2.05, 4.69) is 10.3 Å². The molecule has 0 saturated carbocycles. The van der Waals surface area contributed by atoms with E-state index in [9.17, 15) is 10.1 Å². The number of nitrogen functional groups attached to an aromatic ring is 1. The lowest BCUT2D eigenvalue weighted by molar-refractivity contribution is -0.384. The number of nitrogens with one attached hydrogen (secondary N) is 1. The Kier molecular flexibility index (Phi) is 3.99. The molecule has 0 radical (unpaired) electrons. The monoisotopic (exact) mass is 274 g/mol. The molecule has 0 saturated heterocycles. The number of nitrogens with two attached hydrogens (primary N) is 1. The number of rotatable bonds is 5. The molecular weight excluding hydrogens is 260 g/mol. The second-order valence-corrected chi connectivity index (χ2v) is 3.91. The van der Waals surface area contributed by atoms with Crippen molar-refractivity contribution < 1.29 is 9.66 Å². The first-order chi connectivity index (χ1) is 9.61. The Morgan fingerprint density at radius 1 is 1.35 bits per heavy atom. The number of benzene rings is 1. The molecule has 0 aliphatic rings. The summed E-state index contributed by atoms with van der Waals surface area (Å²) in [5, 5.41) is 13.7. The zero-order valence-electron chi connectivity index (χ0n) is 10.9. The largest absolute Gasteiger partial charge is 0.492 e. The number of pyridine rings is 1. The van der Waals surface area contributed by atoms with Gasteiger partial charge in [0.15, 0.2) is 0 Å². The van der Waals surface area contributed by atoms with Gasteiger partial charge < -0.3 is 15.8 Å². The summed E-state index contributed by atoms with van der Waals surface area (Å²) in [5.41, 5.74) is 6.05. The predicted octanol–water partition coefficient (Wildman–Crippen LogP) is 2.71. The first-order valence-electron chi connectivity index (χ1n) is 6.01. The third-order valence-electron chi connectivity index (χ3n) is 2.55. The summed E-state index contributed by atoms with van der Waals surface area (Å²) >= 11 is 0. The van der Waals surface area contributed by atoms with Gasteiger partial charge >= 0.3 is 5.69 Å². The zero-order chi connectivity index (χ0) is 14.5. The average Bonchev–Trinajstić information content (AvgIpc) is 2.41. The van der Waals surface area contributed by atoms with Crippen molar-refractivity contribution >= 4 is 23.0 Å². The van der Waals surface area contributed by atoms with Gasteiger partial charge in [-0.05, 0) is 25.1 Å². The Bertz CT molecular complexity index is 631. The maximum atomic E-state index is 10.7. The van der Waals surface area contributed by atoms with Crippen LogP contribution < -0.4 is 15.8 Å². The van der Waals surface area contributed by atoms with Gasteiger partial charge in [0, 0.05) is 6.07 Å². The van der Waals surface area contributed by atoms with Crippen LogP contribution in [0.4, 0.5) is 23.0 Å². The van der Waals surface area contributed by atoms with Gasteiger partial charge in [0.1, 0.15) is 11.6 Å². The van der Waals surface area contributed by atoms with E-state index in [-0.39, 0.29) is 11.5 Å². The SMILES string of the molecule is CCOc1ccccc1Nc1ccc([N+](=O)[O-])c(N)n1. The topological polar surface area (TPSA) is 103 Å². The number of nitrogens with zero attached hydrogens (tertiary/aromatic N) is 2. The van der Waals surface area contributed by atoms with Crippen molar-refractivity contribution in [2.24, 2.45) is 0 Å². The van der Waals surface area contributed by atoms with E-state index in [1.165, 1.54) is 12.1 Å². The molecule has 104 valence electrons. The van der Waals surface area contributed by atoms with Crippen molar-refractivity contribution in [2.45, 2.75) is 6.92 Å². The molecule has 0 unspecified atom stereocenters. The van der Waals surface area contributed by atoms with Crippen molar-refractivity contribution in [3.05, 3.63) is 46.5 Å². The minimum Gasteiger partial charge on any atom is -0.492 e. The van der Waals surface area contributed by atoms with Gasteiger partial charge in [0.05, 0.1) is 17.2 Å². The molecular formula is C13H14N4O3. The van der Waals surface area contributed by atoms with Gasteiger partial charge in [0.25, 0.3) is 0 Å². The number of para-hydroxylation sites is 2. The molecule has 1 aromatic carbocycles. The van der Waals surface area contributed by atoms with Crippen LogP contribution in [0.15, 0.2) is 36.4 Å². The molecule has 20 heavy (non-hydrogen) atoms. The molecule has 1 heterocycles.